The molecule has 0 spiro atoms. The van der Waals surface area contributed by atoms with Gasteiger partial charge in [0.2, 0.25) is 0 Å². The first-order chi connectivity index (χ1) is 13.2. The fraction of sp³-hybridized carbons (Fsp3) is 1.00. The molecule has 0 aromatic heterocycles. The van der Waals surface area contributed by atoms with E-state index in [4.69, 9.17) is 8.85 Å². The second kappa shape index (κ2) is 20.9. The number of hydrogen-bond donors (Lipinski definition) is 0. The first kappa shape index (κ1) is 27.1. The Labute approximate surface area is 173 Å². The van der Waals surface area contributed by atoms with Crippen LogP contribution in [0.2, 0.25) is 12.1 Å². The van der Waals surface area contributed by atoms with Crippen molar-refractivity contribution in [2.75, 3.05) is 13.2 Å². The van der Waals surface area contributed by atoms with Gasteiger partial charge in [0.25, 0.3) is 0 Å². The third-order valence-electron chi connectivity index (χ3n) is 5.80. The fourth-order valence-corrected chi connectivity index (χ4v) is 6.12. The second-order valence-corrected chi connectivity index (χ2v) is 12.1. The minimum absolute atomic E-state index is 0.909. The van der Waals surface area contributed by atoms with Crippen molar-refractivity contribution in [3.05, 3.63) is 0 Å². The maximum Gasteiger partial charge on any atom is 0.337 e. The lowest BCUT2D eigenvalue weighted by atomic mass is 10.1. The molecule has 0 aliphatic heterocycles. The predicted molar refractivity (Wildman–Crippen MR) is 124 cm³/mol. The SMILES string of the molecule is CCCCCCCCCCCCCCO[Si](CC)(CC)OCCCCCC. The maximum atomic E-state index is 6.34. The third kappa shape index (κ3) is 16.8. The zero-order chi connectivity index (χ0) is 20.1. The highest BCUT2D eigenvalue weighted by atomic mass is 28.4. The molecule has 0 aromatic rings. The molecule has 0 atom stereocenters. The van der Waals surface area contributed by atoms with Crippen molar-refractivity contribution in [2.45, 2.75) is 143 Å². The van der Waals surface area contributed by atoms with E-state index in [-0.39, 0.29) is 0 Å². The van der Waals surface area contributed by atoms with Crippen LogP contribution in [0.3, 0.4) is 0 Å². The summed E-state index contributed by atoms with van der Waals surface area (Å²) < 4.78 is 12.6. The average molecular weight is 401 g/mol. The number of hydrogen-bond acceptors (Lipinski definition) is 2. The lowest BCUT2D eigenvalue weighted by Crippen LogP contribution is -2.41. The standard InChI is InChI=1S/C24H52O2Si/c1-5-9-11-13-14-15-16-17-18-19-20-22-24-26-27(7-3,8-4)25-23-21-12-10-6-2/h5-24H2,1-4H3. The second-order valence-electron chi connectivity index (χ2n) is 8.26. The topological polar surface area (TPSA) is 18.5 Å². The summed E-state index contributed by atoms with van der Waals surface area (Å²) in [4.78, 5) is 0. The largest absolute Gasteiger partial charge is 0.394 e. The molecule has 0 radical (unpaired) electrons. The van der Waals surface area contributed by atoms with Crippen molar-refractivity contribution in [3.63, 3.8) is 0 Å². The molecule has 0 rings (SSSR count). The van der Waals surface area contributed by atoms with Gasteiger partial charge in [0.05, 0.1) is 0 Å². The molecule has 3 heteroatoms. The smallest absolute Gasteiger partial charge is 0.337 e. The van der Waals surface area contributed by atoms with Gasteiger partial charge in [0.1, 0.15) is 0 Å². The Morgan fingerprint density at radius 2 is 0.704 bits per heavy atom. The molecule has 2 nitrogen and oxygen atoms in total. The highest BCUT2D eigenvalue weighted by Crippen LogP contribution is 2.20. The molecule has 27 heavy (non-hydrogen) atoms. The first-order valence-electron chi connectivity index (χ1n) is 12.5. The van der Waals surface area contributed by atoms with Crippen LogP contribution in [-0.4, -0.2) is 21.8 Å². The van der Waals surface area contributed by atoms with Crippen molar-refractivity contribution in [1.82, 2.24) is 0 Å². The van der Waals surface area contributed by atoms with Crippen molar-refractivity contribution < 1.29 is 8.85 Å². The highest BCUT2D eigenvalue weighted by Gasteiger charge is 2.33. The van der Waals surface area contributed by atoms with Crippen molar-refractivity contribution in [3.8, 4) is 0 Å². The molecule has 164 valence electrons. The van der Waals surface area contributed by atoms with Crippen LogP contribution >= 0.6 is 0 Å². The zero-order valence-electron chi connectivity index (χ0n) is 19.5. The number of rotatable bonds is 22. The molecule has 0 aromatic carbocycles. The summed E-state index contributed by atoms with van der Waals surface area (Å²) in [6, 6.07) is 2.19. The third-order valence-corrected chi connectivity index (χ3v) is 9.42. The van der Waals surface area contributed by atoms with Gasteiger partial charge in [-0.15, -0.1) is 0 Å². The number of unbranched alkanes of at least 4 members (excludes halogenated alkanes) is 14. The average Bonchev–Trinajstić information content (AvgIpc) is 2.70. The van der Waals surface area contributed by atoms with E-state index in [0.29, 0.717) is 0 Å². The predicted octanol–water partition coefficient (Wildman–Crippen LogP) is 8.78. The van der Waals surface area contributed by atoms with Crippen LogP contribution in [0.1, 0.15) is 130 Å². The van der Waals surface area contributed by atoms with E-state index >= 15 is 0 Å². The van der Waals surface area contributed by atoms with E-state index in [1.165, 1.54) is 103 Å². The fourth-order valence-electron chi connectivity index (χ4n) is 3.69. The van der Waals surface area contributed by atoms with Crippen LogP contribution in [0.5, 0.6) is 0 Å². The van der Waals surface area contributed by atoms with Crippen molar-refractivity contribution in [2.24, 2.45) is 0 Å². The van der Waals surface area contributed by atoms with Crippen LogP contribution in [0.4, 0.5) is 0 Å². The molecular formula is C24H52O2Si. The van der Waals surface area contributed by atoms with E-state index in [2.05, 4.69) is 27.7 Å². The summed E-state index contributed by atoms with van der Waals surface area (Å²) in [6.07, 6.45) is 21.9. The Kier molecular flexibility index (Phi) is 21.0. The van der Waals surface area contributed by atoms with Gasteiger partial charge in [-0.3, -0.25) is 0 Å². The van der Waals surface area contributed by atoms with Crippen molar-refractivity contribution >= 4 is 8.56 Å². The Morgan fingerprint density at radius 1 is 0.407 bits per heavy atom. The van der Waals surface area contributed by atoms with Gasteiger partial charge < -0.3 is 8.85 Å². The van der Waals surface area contributed by atoms with Crippen LogP contribution in [-0.2, 0) is 8.85 Å². The monoisotopic (exact) mass is 400 g/mol. The van der Waals surface area contributed by atoms with Crippen LogP contribution in [0, 0.1) is 0 Å². The molecule has 0 heterocycles. The molecular weight excluding hydrogens is 348 g/mol. The Balaban J connectivity index is 3.55. The normalized spacial score (nSPS) is 12.0. The minimum Gasteiger partial charge on any atom is -0.394 e. The Morgan fingerprint density at radius 3 is 1.04 bits per heavy atom. The van der Waals surface area contributed by atoms with Crippen LogP contribution < -0.4 is 0 Å². The molecule has 0 unspecified atom stereocenters. The van der Waals surface area contributed by atoms with Crippen LogP contribution in [0.15, 0.2) is 0 Å². The van der Waals surface area contributed by atoms with Crippen molar-refractivity contribution in [1.29, 1.82) is 0 Å². The summed E-state index contributed by atoms with van der Waals surface area (Å²) in [5.74, 6) is 0. The molecule has 0 saturated heterocycles. The lowest BCUT2D eigenvalue weighted by Gasteiger charge is -2.29. The Bertz CT molecular complexity index is 280. The van der Waals surface area contributed by atoms with Gasteiger partial charge in [-0.1, -0.05) is 118 Å². The molecule has 0 bridgehead atoms. The van der Waals surface area contributed by atoms with Gasteiger partial charge in [-0.2, -0.15) is 0 Å². The van der Waals surface area contributed by atoms with Gasteiger partial charge in [-0.05, 0) is 24.9 Å². The summed E-state index contributed by atoms with van der Waals surface area (Å²) in [7, 11) is -1.90. The van der Waals surface area contributed by atoms with E-state index in [0.717, 1.165) is 25.3 Å². The summed E-state index contributed by atoms with van der Waals surface area (Å²) in [5, 5.41) is 0. The summed E-state index contributed by atoms with van der Waals surface area (Å²) >= 11 is 0. The highest BCUT2D eigenvalue weighted by molar-refractivity contribution is 6.67. The van der Waals surface area contributed by atoms with Crippen LogP contribution in [0.25, 0.3) is 0 Å². The molecule has 0 amide bonds. The molecule has 0 saturated carbocycles. The lowest BCUT2D eigenvalue weighted by molar-refractivity contribution is 0.163. The zero-order valence-corrected chi connectivity index (χ0v) is 20.5. The van der Waals surface area contributed by atoms with E-state index in [9.17, 15) is 0 Å². The van der Waals surface area contributed by atoms with E-state index in [1.54, 1.807) is 0 Å². The van der Waals surface area contributed by atoms with Gasteiger partial charge >= 0.3 is 8.56 Å². The Hall–Kier alpha value is 0.137. The minimum atomic E-state index is -1.90. The summed E-state index contributed by atoms with van der Waals surface area (Å²) in [5.41, 5.74) is 0. The van der Waals surface area contributed by atoms with E-state index < -0.39 is 8.56 Å². The molecule has 0 fully saturated rings. The quantitative estimate of drug-likeness (QED) is 0.133. The van der Waals surface area contributed by atoms with Gasteiger partial charge in [-0.25, -0.2) is 0 Å². The van der Waals surface area contributed by atoms with Gasteiger partial charge in [0.15, 0.2) is 0 Å². The molecule has 0 aliphatic rings. The molecule has 0 N–H and O–H groups in total. The first-order valence-corrected chi connectivity index (χ1v) is 14.8. The maximum absolute atomic E-state index is 6.34. The van der Waals surface area contributed by atoms with Gasteiger partial charge in [0, 0.05) is 13.2 Å². The summed E-state index contributed by atoms with van der Waals surface area (Å²) in [6.45, 7) is 10.9. The van der Waals surface area contributed by atoms with E-state index in [1.807, 2.05) is 0 Å². The molecule has 0 aliphatic carbocycles.